The van der Waals surface area contributed by atoms with Crippen LogP contribution < -0.4 is 5.32 Å². The molecule has 0 atom stereocenters. The van der Waals surface area contributed by atoms with Gasteiger partial charge in [0.1, 0.15) is 5.82 Å². The van der Waals surface area contributed by atoms with Gasteiger partial charge in [0.05, 0.1) is 16.5 Å². The van der Waals surface area contributed by atoms with E-state index >= 15 is 0 Å². The third kappa shape index (κ3) is 5.65. The van der Waals surface area contributed by atoms with Crippen molar-refractivity contribution in [1.82, 2.24) is 0 Å². The molecule has 1 amide bonds. The van der Waals surface area contributed by atoms with Crippen LogP contribution in [0.15, 0.2) is 48.5 Å². The molecule has 0 aliphatic carbocycles. The topological polar surface area (TPSA) is 63.2 Å². The minimum Gasteiger partial charge on any atom is -0.326 e. The van der Waals surface area contributed by atoms with E-state index in [0.29, 0.717) is 11.3 Å². The average Bonchev–Trinajstić information content (AvgIpc) is 2.50. The van der Waals surface area contributed by atoms with Crippen molar-refractivity contribution in [2.75, 3.05) is 11.1 Å². The van der Waals surface area contributed by atoms with Gasteiger partial charge in [0.15, 0.2) is 9.84 Å². The Bertz CT molecular complexity index is 794. The van der Waals surface area contributed by atoms with Gasteiger partial charge in [-0.1, -0.05) is 41.9 Å². The molecular weight excluding hydrogens is 341 g/mol. The maximum Gasteiger partial charge on any atom is 0.225 e. The van der Waals surface area contributed by atoms with Gasteiger partial charge in [-0.15, -0.1) is 0 Å². The van der Waals surface area contributed by atoms with Crippen LogP contribution in [0.3, 0.4) is 0 Å². The van der Waals surface area contributed by atoms with E-state index in [0.717, 1.165) is 6.07 Å². The second-order valence-corrected chi connectivity index (χ2v) is 7.60. The van der Waals surface area contributed by atoms with Crippen molar-refractivity contribution >= 4 is 33.0 Å². The van der Waals surface area contributed by atoms with Gasteiger partial charge in [-0.2, -0.15) is 0 Å². The van der Waals surface area contributed by atoms with Crippen molar-refractivity contribution in [2.24, 2.45) is 0 Å². The first-order valence-electron chi connectivity index (χ1n) is 6.85. The third-order valence-corrected chi connectivity index (χ3v) is 4.96. The van der Waals surface area contributed by atoms with Crippen molar-refractivity contribution in [3.8, 4) is 0 Å². The average molecular weight is 356 g/mol. The molecule has 23 heavy (non-hydrogen) atoms. The molecule has 0 aliphatic heterocycles. The minimum atomic E-state index is -3.38. The first-order chi connectivity index (χ1) is 10.9. The molecule has 0 radical (unpaired) electrons. The van der Waals surface area contributed by atoms with Gasteiger partial charge < -0.3 is 5.32 Å². The number of anilines is 1. The van der Waals surface area contributed by atoms with Crippen molar-refractivity contribution in [3.63, 3.8) is 0 Å². The zero-order valence-corrected chi connectivity index (χ0v) is 13.7. The molecule has 0 saturated carbocycles. The van der Waals surface area contributed by atoms with Crippen molar-refractivity contribution in [2.45, 2.75) is 12.2 Å². The predicted octanol–water partition coefficient (Wildman–Crippen LogP) is 3.42. The highest BCUT2D eigenvalue weighted by Gasteiger charge is 2.15. The molecule has 2 aromatic carbocycles. The number of sulfone groups is 1. The third-order valence-electron chi connectivity index (χ3n) is 3.07. The maximum absolute atomic E-state index is 13.0. The SMILES string of the molecule is O=C(CCS(=O)(=O)Cc1ccccc1)Nc1ccc(F)c(Cl)c1. The first kappa shape index (κ1) is 17.4. The van der Waals surface area contributed by atoms with Crippen LogP contribution in [0.25, 0.3) is 0 Å². The van der Waals surface area contributed by atoms with Crippen LogP contribution in [-0.2, 0) is 20.4 Å². The summed E-state index contributed by atoms with van der Waals surface area (Å²) >= 11 is 5.62. The highest BCUT2D eigenvalue weighted by molar-refractivity contribution is 7.90. The number of hydrogen-bond donors (Lipinski definition) is 1. The van der Waals surface area contributed by atoms with Crippen molar-refractivity contribution in [1.29, 1.82) is 0 Å². The minimum absolute atomic E-state index is 0.108. The molecule has 0 fully saturated rings. The maximum atomic E-state index is 13.0. The lowest BCUT2D eigenvalue weighted by molar-refractivity contribution is -0.115. The molecule has 0 bridgehead atoms. The molecule has 1 N–H and O–H groups in total. The van der Waals surface area contributed by atoms with Crippen LogP contribution >= 0.6 is 11.6 Å². The van der Waals surface area contributed by atoms with E-state index < -0.39 is 21.6 Å². The second-order valence-electron chi connectivity index (χ2n) is 5.00. The Morgan fingerprint density at radius 2 is 1.83 bits per heavy atom. The Balaban J connectivity index is 1.89. The lowest BCUT2D eigenvalue weighted by Gasteiger charge is -2.07. The summed E-state index contributed by atoms with van der Waals surface area (Å²) < 4.78 is 37.0. The summed E-state index contributed by atoms with van der Waals surface area (Å²) in [6.45, 7) is 0. The number of amides is 1. The number of rotatable bonds is 6. The molecule has 0 spiro atoms. The fourth-order valence-electron chi connectivity index (χ4n) is 1.95. The van der Waals surface area contributed by atoms with E-state index in [1.807, 2.05) is 0 Å². The Kier molecular flexibility index (Phi) is 5.74. The van der Waals surface area contributed by atoms with Gasteiger partial charge in [0.25, 0.3) is 0 Å². The highest BCUT2D eigenvalue weighted by Crippen LogP contribution is 2.19. The Morgan fingerprint density at radius 3 is 2.48 bits per heavy atom. The summed E-state index contributed by atoms with van der Waals surface area (Å²) in [4.78, 5) is 11.8. The molecule has 0 heterocycles. The quantitative estimate of drug-likeness (QED) is 0.863. The molecule has 0 unspecified atom stereocenters. The van der Waals surface area contributed by atoms with Crippen molar-refractivity contribution in [3.05, 3.63) is 64.9 Å². The van der Waals surface area contributed by atoms with E-state index in [1.54, 1.807) is 30.3 Å². The number of carbonyl (C=O) groups excluding carboxylic acids is 1. The van der Waals surface area contributed by atoms with Crippen LogP contribution in [0, 0.1) is 5.82 Å². The lowest BCUT2D eigenvalue weighted by atomic mass is 10.2. The normalized spacial score (nSPS) is 11.2. The molecule has 0 aromatic heterocycles. The summed E-state index contributed by atoms with van der Waals surface area (Å²) in [7, 11) is -3.38. The summed E-state index contributed by atoms with van der Waals surface area (Å²) in [5.41, 5.74) is 1.00. The van der Waals surface area contributed by atoms with Crippen LogP contribution in [0.2, 0.25) is 5.02 Å². The van der Waals surface area contributed by atoms with E-state index in [2.05, 4.69) is 5.32 Å². The van der Waals surface area contributed by atoms with Gasteiger partial charge >= 0.3 is 0 Å². The number of nitrogens with one attached hydrogen (secondary N) is 1. The fraction of sp³-hybridized carbons (Fsp3) is 0.188. The van der Waals surface area contributed by atoms with Crippen LogP contribution in [0.1, 0.15) is 12.0 Å². The standard InChI is InChI=1S/C16H15ClFNO3S/c17-14-10-13(6-7-15(14)18)19-16(20)8-9-23(21,22)11-12-4-2-1-3-5-12/h1-7,10H,8-9,11H2,(H,19,20). The summed E-state index contributed by atoms with van der Waals surface area (Å²) in [5.74, 6) is -1.42. The molecular formula is C16H15ClFNO3S. The van der Waals surface area contributed by atoms with Crippen LogP contribution in [0.5, 0.6) is 0 Å². The second kappa shape index (κ2) is 7.57. The number of halogens is 2. The van der Waals surface area contributed by atoms with Gasteiger partial charge in [0.2, 0.25) is 5.91 Å². The van der Waals surface area contributed by atoms with Gasteiger partial charge in [-0.25, -0.2) is 12.8 Å². The van der Waals surface area contributed by atoms with Gasteiger partial charge in [-0.05, 0) is 23.8 Å². The smallest absolute Gasteiger partial charge is 0.225 e. The van der Waals surface area contributed by atoms with E-state index in [9.17, 15) is 17.6 Å². The highest BCUT2D eigenvalue weighted by atomic mass is 35.5. The molecule has 0 aliphatic rings. The zero-order valence-electron chi connectivity index (χ0n) is 12.1. The number of hydrogen-bond acceptors (Lipinski definition) is 3. The fourth-order valence-corrected chi connectivity index (χ4v) is 3.47. The van der Waals surface area contributed by atoms with Gasteiger partial charge in [0, 0.05) is 12.1 Å². The van der Waals surface area contributed by atoms with E-state index in [1.165, 1.54) is 12.1 Å². The number of carbonyl (C=O) groups is 1. The Morgan fingerprint density at radius 1 is 1.13 bits per heavy atom. The molecule has 2 aromatic rings. The van der Waals surface area contributed by atoms with Crippen LogP contribution in [-0.4, -0.2) is 20.1 Å². The summed E-state index contributed by atoms with van der Waals surface area (Å²) in [6.07, 6.45) is -0.176. The lowest BCUT2D eigenvalue weighted by Crippen LogP contribution is -2.18. The Labute approximate surface area is 139 Å². The first-order valence-corrected chi connectivity index (χ1v) is 9.05. The van der Waals surface area contributed by atoms with E-state index in [-0.39, 0.29) is 22.9 Å². The Hall–Kier alpha value is -1.92. The predicted molar refractivity (Wildman–Crippen MR) is 88.6 cm³/mol. The molecule has 0 saturated heterocycles. The van der Waals surface area contributed by atoms with Gasteiger partial charge in [-0.3, -0.25) is 4.79 Å². The van der Waals surface area contributed by atoms with Crippen LogP contribution in [0.4, 0.5) is 10.1 Å². The summed E-state index contributed by atoms with van der Waals surface area (Å²) in [6, 6.07) is 12.5. The summed E-state index contributed by atoms with van der Waals surface area (Å²) in [5, 5.41) is 2.38. The molecule has 122 valence electrons. The van der Waals surface area contributed by atoms with Crippen molar-refractivity contribution < 1.29 is 17.6 Å². The number of benzene rings is 2. The monoisotopic (exact) mass is 355 g/mol. The largest absolute Gasteiger partial charge is 0.326 e. The van der Waals surface area contributed by atoms with E-state index in [4.69, 9.17) is 11.6 Å². The molecule has 2 rings (SSSR count). The molecule has 4 nitrogen and oxygen atoms in total. The molecule has 7 heteroatoms. The zero-order chi connectivity index (χ0) is 16.9.